The van der Waals surface area contributed by atoms with Gasteiger partial charge >= 0.3 is 5.97 Å². The SMILES string of the molecule is CC[C@H](Oc1ccc(N(C)S(C)(=O)=O)cc1)C(=O)Nc1ccc(C(=O)OC)cc1. The Bertz CT molecular complexity index is 955. The predicted octanol–water partition coefficient (Wildman–Crippen LogP) is 2.67. The number of methoxy groups -OCH3 is 1. The van der Waals surface area contributed by atoms with Gasteiger partial charge in [0.05, 0.1) is 24.6 Å². The zero-order valence-electron chi connectivity index (χ0n) is 16.7. The maximum Gasteiger partial charge on any atom is 0.337 e. The van der Waals surface area contributed by atoms with E-state index in [1.54, 1.807) is 48.5 Å². The molecule has 8 nitrogen and oxygen atoms in total. The number of rotatable bonds is 8. The zero-order valence-corrected chi connectivity index (χ0v) is 17.5. The van der Waals surface area contributed by atoms with Gasteiger partial charge in [-0.3, -0.25) is 9.10 Å². The number of benzene rings is 2. The van der Waals surface area contributed by atoms with Crippen molar-refractivity contribution in [3.63, 3.8) is 0 Å². The lowest BCUT2D eigenvalue weighted by Gasteiger charge is -2.19. The van der Waals surface area contributed by atoms with Crippen molar-refractivity contribution in [2.45, 2.75) is 19.4 Å². The van der Waals surface area contributed by atoms with Crippen LogP contribution >= 0.6 is 0 Å². The largest absolute Gasteiger partial charge is 0.481 e. The Kier molecular flexibility index (Phi) is 7.22. The van der Waals surface area contributed by atoms with Crippen LogP contribution in [0.3, 0.4) is 0 Å². The Balaban J connectivity index is 2.03. The van der Waals surface area contributed by atoms with Crippen LogP contribution in [-0.4, -0.2) is 46.8 Å². The maximum absolute atomic E-state index is 12.5. The third-order valence-corrected chi connectivity index (χ3v) is 5.42. The summed E-state index contributed by atoms with van der Waals surface area (Å²) in [7, 11) is -0.599. The summed E-state index contributed by atoms with van der Waals surface area (Å²) >= 11 is 0. The Morgan fingerprint density at radius 2 is 1.66 bits per heavy atom. The number of carbonyl (C=O) groups is 2. The molecule has 0 fully saturated rings. The van der Waals surface area contributed by atoms with Crippen LogP contribution in [-0.2, 0) is 19.6 Å². The van der Waals surface area contributed by atoms with E-state index in [2.05, 4.69) is 10.1 Å². The monoisotopic (exact) mass is 420 g/mol. The van der Waals surface area contributed by atoms with Crippen molar-refractivity contribution in [1.29, 1.82) is 0 Å². The van der Waals surface area contributed by atoms with E-state index >= 15 is 0 Å². The van der Waals surface area contributed by atoms with Gasteiger partial charge in [-0.2, -0.15) is 0 Å². The summed E-state index contributed by atoms with van der Waals surface area (Å²) in [4.78, 5) is 24.0. The molecule has 1 atom stereocenters. The first kappa shape index (κ1) is 22.2. The summed E-state index contributed by atoms with van der Waals surface area (Å²) in [6.45, 7) is 1.82. The zero-order chi connectivity index (χ0) is 21.6. The smallest absolute Gasteiger partial charge is 0.337 e. The minimum atomic E-state index is -3.36. The van der Waals surface area contributed by atoms with Crippen LogP contribution in [0.15, 0.2) is 48.5 Å². The summed E-state index contributed by atoms with van der Waals surface area (Å²) in [5, 5.41) is 2.74. The van der Waals surface area contributed by atoms with E-state index in [-0.39, 0.29) is 5.91 Å². The molecule has 0 saturated carbocycles. The molecule has 29 heavy (non-hydrogen) atoms. The fourth-order valence-electron chi connectivity index (χ4n) is 2.44. The van der Waals surface area contributed by atoms with Crippen LogP contribution < -0.4 is 14.4 Å². The number of esters is 1. The average Bonchev–Trinajstić information content (AvgIpc) is 2.71. The maximum atomic E-state index is 12.5. The summed E-state index contributed by atoms with van der Waals surface area (Å²) < 4.78 is 34.7. The van der Waals surface area contributed by atoms with Gasteiger partial charge in [0.2, 0.25) is 10.0 Å². The summed E-state index contributed by atoms with van der Waals surface area (Å²) in [6.07, 6.45) is 0.803. The molecule has 2 rings (SSSR count). The molecule has 0 aliphatic rings. The minimum absolute atomic E-state index is 0.337. The van der Waals surface area contributed by atoms with E-state index in [0.29, 0.717) is 29.1 Å². The third-order valence-electron chi connectivity index (χ3n) is 4.21. The molecule has 0 radical (unpaired) electrons. The van der Waals surface area contributed by atoms with Gasteiger partial charge in [0.1, 0.15) is 5.75 Å². The molecule has 0 unspecified atom stereocenters. The van der Waals surface area contributed by atoms with E-state index in [9.17, 15) is 18.0 Å². The number of hydrogen-bond acceptors (Lipinski definition) is 6. The minimum Gasteiger partial charge on any atom is -0.481 e. The number of anilines is 2. The van der Waals surface area contributed by atoms with Crippen LogP contribution in [0.2, 0.25) is 0 Å². The molecule has 1 amide bonds. The molecule has 2 aromatic rings. The molecule has 2 aromatic carbocycles. The van der Waals surface area contributed by atoms with Crippen LogP contribution in [0, 0.1) is 0 Å². The molecule has 0 heterocycles. The average molecular weight is 420 g/mol. The molecular weight excluding hydrogens is 396 g/mol. The second-order valence-corrected chi connectivity index (χ2v) is 8.31. The molecule has 0 bridgehead atoms. The van der Waals surface area contributed by atoms with E-state index in [4.69, 9.17) is 4.74 Å². The number of nitrogens with zero attached hydrogens (tertiary/aromatic N) is 1. The molecule has 156 valence electrons. The van der Waals surface area contributed by atoms with Crippen molar-refractivity contribution in [3.8, 4) is 5.75 Å². The Morgan fingerprint density at radius 1 is 1.07 bits per heavy atom. The van der Waals surface area contributed by atoms with Gasteiger partial charge in [0.15, 0.2) is 6.10 Å². The summed E-state index contributed by atoms with van der Waals surface area (Å²) in [5.41, 5.74) is 1.39. The lowest BCUT2D eigenvalue weighted by atomic mass is 10.2. The van der Waals surface area contributed by atoms with Crippen LogP contribution in [0.5, 0.6) is 5.75 Å². The second kappa shape index (κ2) is 9.42. The van der Waals surface area contributed by atoms with Crippen molar-refractivity contribution in [1.82, 2.24) is 0 Å². The first-order chi connectivity index (χ1) is 13.7. The predicted molar refractivity (Wildman–Crippen MR) is 111 cm³/mol. The number of sulfonamides is 1. The van der Waals surface area contributed by atoms with E-state index in [1.165, 1.54) is 14.2 Å². The fraction of sp³-hybridized carbons (Fsp3) is 0.300. The number of amides is 1. The van der Waals surface area contributed by atoms with Gasteiger partial charge in [-0.1, -0.05) is 6.92 Å². The van der Waals surface area contributed by atoms with Crippen molar-refractivity contribution < 1.29 is 27.5 Å². The first-order valence-corrected chi connectivity index (χ1v) is 10.7. The number of ether oxygens (including phenoxy) is 2. The number of carbonyl (C=O) groups excluding carboxylic acids is 2. The van der Waals surface area contributed by atoms with Crippen LogP contribution in [0.1, 0.15) is 23.7 Å². The molecular formula is C20H24N2O6S. The van der Waals surface area contributed by atoms with Crippen molar-refractivity contribution in [2.24, 2.45) is 0 Å². The second-order valence-electron chi connectivity index (χ2n) is 6.30. The summed E-state index contributed by atoms with van der Waals surface area (Å²) in [6, 6.07) is 12.7. The molecule has 0 aliphatic heterocycles. The lowest BCUT2D eigenvalue weighted by molar-refractivity contribution is -0.122. The Hall–Kier alpha value is -3.07. The first-order valence-electron chi connectivity index (χ1n) is 8.85. The van der Waals surface area contributed by atoms with Gasteiger partial charge < -0.3 is 14.8 Å². The van der Waals surface area contributed by atoms with Crippen LogP contribution in [0.4, 0.5) is 11.4 Å². The molecule has 1 N–H and O–H groups in total. The van der Waals surface area contributed by atoms with Gasteiger partial charge in [0.25, 0.3) is 5.91 Å². The molecule has 0 aliphatic carbocycles. The van der Waals surface area contributed by atoms with Crippen molar-refractivity contribution in [2.75, 3.05) is 30.0 Å². The van der Waals surface area contributed by atoms with Crippen molar-refractivity contribution in [3.05, 3.63) is 54.1 Å². The van der Waals surface area contributed by atoms with Gasteiger partial charge in [0, 0.05) is 12.7 Å². The lowest BCUT2D eigenvalue weighted by Crippen LogP contribution is -2.32. The molecule has 0 spiro atoms. The summed E-state index contributed by atoms with van der Waals surface area (Å²) in [5.74, 6) is -0.350. The fourth-order valence-corrected chi connectivity index (χ4v) is 2.95. The number of nitrogens with one attached hydrogen (secondary N) is 1. The molecule has 9 heteroatoms. The third kappa shape index (κ3) is 5.95. The van der Waals surface area contributed by atoms with Crippen LogP contribution in [0.25, 0.3) is 0 Å². The van der Waals surface area contributed by atoms with E-state index < -0.39 is 22.1 Å². The van der Waals surface area contributed by atoms with Gasteiger partial charge in [-0.15, -0.1) is 0 Å². The van der Waals surface area contributed by atoms with Gasteiger partial charge in [-0.25, -0.2) is 13.2 Å². The van der Waals surface area contributed by atoms with Crippen molar-refractivity contribution >= 4 is 33.3 Å². The Labute approximate surface area is 170 Å². The molecule has 0 aromatic heterocycles. The highest BCUT2D eigenvalue weighted by Crippen LogP contribution is 2.22. The quantitative estimate of drug-likeness (QED) is 0.659. The highest BCUT2D eigenvalue weighted by molar-refractivity contribution is 7.92. The van der Waals surface area contributed by atoms with E-state index in [1.807, 2.05) is 6.92 Å². The van der Waals surface area contributed by atoms with Gasteiger partial charge in [-0.05, 0) is 55.0 Å². The Morgan fingerprint density at radius 3 is 2.14 bits per heavy atom. The number of hydrogen-bond donors (Lipinski definition) is 1. The standard InChI is InChI=1S/C20H24N2O6S/c1-5-18(19(23)21-15-8-6-14(7-9-15)20(24)27-3)28-17-12-10-16(11-13-17)22(2)29(4,25)26/h6-13,18H,5H2,1-4H3,(H,21,23)/t18-/m0/s1. The normalized spacial score (nSPS) is 12.0. The highest BCUT2D eigenvalue weighted by atomic mass is 32.2. The highest BCUT2D eigenvalue weighted by Gasteiger charge is 2.19. The topological polar surface area (TPSA) is 102 Å². The van der Waals surface area contributed by atoms with E-state index in [0.717, 1.165) is 10.6 Å². The molecule has 0 saturated heterocycles.